The Morgan fingerprint density at radius 3 is 2.64 bits per heavy atom. The maximum absolute atomic E-state index is 12.0. The van der Waals surface area contributed by atoms with E-state index in [1.54, 1.807) is 25.3 Å². The molecule has 1 amide bonds. The number of ether oxygens (including phenoxy) is 1. The molecule has 0 spiro atoms. The summed E-state index contributed by atoms with van der Waals surface area (Å²) in [6.07, 6.45) is 0. The number of carbonyl (C=O) groups excluding carboxylic acids is 1. The topological polar surface area (TPSA) is 81.0 Å². The van der Waals surface area contributed by atoms with Gasteiger partial charge in [0, 0.05) is 30.0 Å². The summed E-state index contributed by atoms with van der Waals surface area (Å²) in [6.45, 7) is 1.08. The molecular formula is C23H18N3O2. The largest absolute Gasteiger partial charge is 0.380 e. The fourth-order valence-electron chi connectivity index (χ4n) is 3.59. The molecule has 1 heterocycles. The molecule has 1 radical (unpaired) electrons. The van der Waals surface area contributed by atoms with E-state index in [0.29, 0.717) is 24.3 Å². The summed E-state index contributed by atoms with van der Waals surface area (Å²) in [7, 11) is 1.65. The number of fused-ring (bicyclic) bond motifs is 3. The summed E-state index contributed by atoms with van der Waals surface area (Å²) in [5.41, 5.74) is 10.7. The molecule has 0 saturated heterocycles. The van der Waals surface area contributed by atoms with Gasteiger partial charge < -0.3 is 15.0 Å². The quantitative estimate of drug-likeness (QED) is 0.582. The van der Waals surface area contributed by atoms with Crippen molar-refractivity contribution in [3.05, 3.63) is 82.9 Å². The average molecular weight is 368 g/mol. The molecule has 137 valence electrons. The Balaban J connectivity index is 1.97. The van der Waals surface area contributed by atoms with Gasteiger partial charge in [-0.2, -0.15) is 5.26 Å². The summed E-state index contributed by atoms with van der Waals surface area (Å²) in [5.74, 6) is -0.461. The van der Waals surface area contributed by atoms with Gasteiger partial charge in [-0.25, -0.2) is 0 Å². The van der Waals surface area contributed by atoms with Gasteiger partial charge in [0.15, 0.2) is 0 Å². The molecule has 0 aliphatic heterocycles. The molecule has 0 unspecified atom stereocenters. The lowest BCUT2D eigenvalue weighted by molar-refractivity contribution is 0.100. The summed E-state index contributed by atoms with van der Waals surface area (Å²) in [6, 6.07) is 22.5. The number of rotatable bonds is 5. The van der Waals surface area contributed by atoms with Crippen molar-refractivity contribution in [3.8, 4) is 6.07 Å². The third kappa shape index (κ3) is 3.00. The van der Waals surface area contributed by atoms with Crippen LogP contribution >= 0.6 is 0 Å². The molecule has 0 bridgehead atoms. The molecule has 0 atom stereocenters. The van der Waals surface area contributed by atoms with E-state index in [0.717, 1.165) is 32.9 Å². The van der Waals surface area contributed by atoms with Crippen LogP contribution in [0.4, 0.5) is 0 Å². The van der Waals surface area contributed by atoms with Crippen molar-refractivity contribution >= 4 is 27.7 Å². The molecular weight excluding hydrogens is 350 g/mol. The minimum atomic E-state index is -0.461. The van der Waals surface area contributed by atoms with Crippen LogP contribution in [0.5, 0.6) is 0 Å². The van der Waals surface area contributed by atoms with Gasteiger partial charge in [-0.05, 0) is 53.6 Å². The maximum atomic E-state index is 12.0. The lowest BCUT2D eigenvalue weighted by Crippen LogP contribution is -2.11. The Labute approximate surface area is 162 Å². The molecule has 28 heavy (non-hydrogen) atoms. The zero-order valence-corrected chi connectivity index (χ0v) is 15.4. The summed E-state index contributed by atoms with van der Waals surface area (Å²) in [5, 5.41) is 10.7. The predicted molar refractivity (Wildman–Crippen MR) is 108 cm³/mol. The summed E-state index contributed by atoms with van der Waals surface area (Å²) in [4.78, 5) is 12.0. The number of nitriles is 1. The van der Waals surface area contributed by atoms with Gasteiger partial charge in [0.1, 0.15) is 0 Å². The maximum Gasteiger partial charge on any atom is 0.249 e. The normalized spacial score (nSPS) is 11.0. The van der Waals surface area contributed by atoms with E-state index in [2.05, 4.69) is 22.8 Å². The van der Waals surface area contributed by atoms with Crippen LogP contribution in [0.25, 0.3) is 21.8 Å². The number of benzene rings is 3. The minimum Gasteiger partial charge on any atom is -0.380 e. The molecule has 2 N–H and O–H groups in total. The van der Waals surface area contributed by atoms with Crippen LogP contribution in [0.2, 0.25) is 0 Å². The van der Waals surface area contributed by atoms with E-state index in [1.165, 1.54) is 0 Å². The van der Waals surface area contributed by atoms with Crippen molar-refractivity contribution < 1.29 is 9.53 Å². The van der Waals surface area contributed by atoms with Crippen LogP contribution in [-0.2, 0) is 17.9 Å². The Morgan fingerprint density at radius 1 is 1.18 bits per heavy atom. The molecule has 4 rings (SSSR count). The highest BCUT2D eigenvalue weighted by atomic mass is 16.5. The van der Waals surface area contributed by atoms with Gasteiger partial charge >= 0.3 is 0 Å². The summed E-state index contributed by atoms with van der Waals surface area (Å²) >= 11 is 0. The Bertz CT molecular complexity index is 1230. The fourth-order valence-corrected chi connectivity index (χ4v) is 3.59. The number of hydrogen-bond acceptors (Lipinski definition) is 3. The highest BCUT2D eigenvalue weighted by molar-refractivity contribution is 6.17. The zero-order valence-electron chi connectivity index (χ0n) is 15.4. The predicted octanol–water partition coefficient (Wildman–Crippen LogP) is 3.76. The number of aromatic nitrogens is 1. The third-order valence-electron chi connectivity index (χ3n) is 4.85. The van der Waals surface area contributed by atoms with Crippen molar-refractivity contribution in [1.82, 2.24) is 4.57 Å². The lowest BCUT2D eigenvalue weighted by Gasteiger charge is -2.09. The van der Waals surface area contributed by atoms with Crippen molar-refractivity contribution in [2.45, 2.75) is 13.2 Å². The second-order valence-electron chi connectivity index (χ2n) is 6.66. The molecule has 0 saturated carbocycles. The highest BCUT2D eigenvalue weighted by Crippen LogP contribution is 2.32. The van der Waals surface area contributed by atoms with E-state index < -0.39 is 5.91 Å². The van der Waals surface area contributed by atoms with Gasteiger partial charge in [0.25, 0.3) is 0 Å². The van der Waals surface area contributed by atoms with Crippen molar-refractivity contribution in [2.24, 2.45) is 5.73 Å². The smallest absolute Gasteiger partial charge is 0.249 e. The minimum absolute atomic E-state index is 0.461. The number of hydrogen-bond donors (Lipinski definition) is 1. The SMILES string of the molecule is COCc1c[c]c2c3c(C(N)=O)cccc3n(Cc3ccc(C#N)cc3)c2c1. The summed E-state index contributed by atoms with van der Waals surface area (Å²) < 4.78 is 7.41. The van der Waals surface area contributed by atoms with Crippen LogP contribution < -0.4 is 5.73 Å². The van der Waals surface area contributed by atoms with Crippen LogP contribution in [0.15, 0.2) is 54.6 Å². The van der Waals surface area contributed by atoms with E-state index in [9.17, 15) is 4.79 Å². The van der Waals surface area contributed by atoms with Crippen LogP contribution in [0.1, 0.15) is 27.0 Å². The first-order valence-corrected chi connectivity index (χ1v) is 8.85. The second-order valence-corrected chi connectivity index (χ2v) is 6.66. The van der Waals surface area contributed by atoms with Gasteiger partial charge in [0.05, 0.1) is 29.3 Å². The first kappa shape index (κ1) is 17.8. The van der Waals surface area contributed by atoms with E-state index >= 15 is 0 Å². The standard InChI is InChI=1S/C23H18N3O2/c1-28-14-17-9-10-18-21(11-17)26(13-16-7-5-15(12-24)6-8-16)20-4-2-3-19(22(18)20)23(25)27/h2-9,11H,13-14H2,1H3,(H2,25,27). The van der Waals surface area contributed by atoms with Crippen LogP contribution in [0, 0.1) is 17.4 Å². The molecule has 5 heteroatoms. The van der Waals surface area contributed by atoms with Gasteiger partial charge in [-0.3, -0.25) is 4.79 Å². The molecule has 5 nitrogen and oxygen atoms in total. The molecule has 1 aromatic heterocycles. The lowest BCUT2D eigenvalue weighted by atomic mass is 10.0. The monoisotopic (exact) mass is 368 g/mol. The number of carbonyl (C=O) groups is 1. The Kier molecular flexibility index (Phi) is 4.56. The number of methoxy groups -OCH3 is 1. The van der Waals surface area contributed by atoms with E-state index in [-0.39, 0.29) is 0 Å². The molecule has 0 fully saturated rings. The van der Waals surface area contributed by atoms with Crippen molar-refractivity contribution in [1.29, 1.82) is 5.26 Å². The fraction of sp³-hybridized carbons (Fsp3) is 0.130. The van der Waals surface area contributed by atoms with Gasteiger partial charge in [0.2, 0.25) is 5.91 Å². The third-order valence-corrected chi connectivity index (χ3v) is 4.85. The first-order chi connectivity index (χ1) is 13.6. The zero-order chi connectivity index (χ0) is 19.7. The number of nitrogens with zero attached hydrogens (tertiary/aromatic N) is 2. The Morgan fingerprint density at radius 2 is 1.96 bits per heavy atom. The molecule has 0 aliphatic carbocycles. The Hall–Kier alpha value is -3.62. The first-order valence-electron chi connectivity index (χ1n) is 8.85. The highest BCUT2D eigenvalue weighted by Gasteiger charge is 2.17. The molecule has 0 aliphatic rings. The van der Waals surface area contributed by atoms with Crippen molar-refractivity contribution in [2.75, 3.05) is 7.11 Å². The van der Waals surface area contributed by atoms with Crippen LogP contribution in [0.3, 0.4) is 0 Å². The number of nitrogens with two attached hydrogens (primary N) is 1. The van der Waals surface area contributed by atoms with E-state index in [1.807, 2.05) is 30.3 Å². The second kappa shape index (κ2) is 7.18. The molecule has 4 aromatic rings. The van der Waals surface area contributed by atoms with E-state index in [4.69, 9.17) is 15.7 Å². The number of amides is 1. The van der Waals surface area contributed by atoms with Gasteiger partial charge in [-0.1, -0.05) is 18.2 Å². The van der Waals surface area contributed by atoms with Crippen LogP contribution in [-0.4, -0.2) is 17.6 Å². The number of primary amides is 1. The van der Waals surface area contributed by atoms with Gasteiger partial charge in [-0.15, -0.1) is 0 Å². The average Bonchev–Trinajstić information content (AvgIpc) is 3.02. The van der Waals surface area contributed by atoms with Crippen molar-refractivity contribution in [3.63, 3.8) is 0 Å². The molecule has 3 aromatic carbocycles.